The van der Waals surface area contributed by atoms with Crippen molar-refractivity contribution in [2.45, 2.75) is 19.3 Å². The molecule has 1 aliphatic heterocycles. The fraction of sp³-hybridized carbons (Fsp3) is 0.440. The van der Waals surface area contributed by atoms with Crippen LogP contribution in [0.1, 0.15) is 28.9 Å². The highest BCUT2D eigenvalue weighted by Gasteiger charge is 2.25. The van der Waals surface area contributed by atoms with E-state index in [0.29, 0.717) is 11.6 Å². The maximum atomic E-state index is 13.1. The highest BCUT2D eigenvalue weighted by molar-refractivity contribution is 6.04. The van der Waals surface area contributed by atoms with Gasteiger partial charge in [-0.1, -0.05) is 30.3 Å². The summed E-state index contributed by atoms with van der Waals surface area (Å²) < 4.78 is 6.95. The molecule has 0 bridgehead atoms. The molecule has 0 radical (unpaired) electrons. The maximum Gasteiger partial charge on any atom is 0.272 e. The molecule has 1 fully saturated rings. The monoisotopic (exact) mass is 474 g/mol. The van der Waals surface area contributed by atoms with E-state index in [9.17, 15) is 4.79 Å². The van der Waals surface area contributed by atoms with Gasteiger partial charge in [-0.25, -0.2) is 0 Å². The molecule has 1 amide bonds. The Balaban J connectivity index is 0.00000193. The van der Waals surface area contributed by atoms with E-state index < -0.39 is 0 Å². The van der Waals surface area contributed by atoms with Crippen molar-refractivity contribution >= 4 is 29.2 Å². The van der Waals surface area contributed by atoms with Crippen molar-refractivity contribution < 1.29 is 15.0 Å². The van der Waals surface area contributed by atoms with E-state index in [1.54, 1.807) is 11.8 Å². The molecular weight excluding hydrogens is 440 g/mol. The second kappa shape index (κ2) is 12.0. The first kappa shape index (κ1) is 26.6. The number of methoxy groups -OCH3 is 1. The van der Waals surface area contributed by atoms with E-state index in [4.69, 9.17) is 4.74 Å². The van der Waals surface area contributed by atoms with Crippen LogP contribution in [-0.2, 0) is 13.5 Å². The molecule has 4 rings (SSSR count). The summed E-state index contributed by atoms with van der Waals surface area (Å²) in [6, 6.07) is 16.2. The van der Waals surface area contributed by atoms with Crippen LogP contribution in [0.4, 0.5) is 0 Å². The SMILES string of the molecule is COc1ccc(CCN2CCC(CN(C)C(=O)c3c4ccccc4nn3C)CC2)cc1.Cl.O. The molecular formula is C25H35ClN4O3. The molecule has 1 aromatic heterocycles. The number of nitrogens with zero attached hydrogens (tertiary/aromatic N) is 4. The normalized spacial score (nSPS) is 14.4. The zero-order valence-electron chi connectivity index (χ0n) is 19.7. The van der Waals surface area contributed by atoms with Gasteiger partial charge in [-0.05, 0) is 62.0 Å². The number of hydrogen-bond donors (Lipinski definition) is 0. The first-order valence-electron chi connectivity index (χ1n) is 11.1. The number of benzene rings is 2. The minimum Gasteiger partial charge on any atom is -0.497 e. The molecule has 2 N–H and O–H groups in total. The van der Waals surface area contributed by atoms with Crippen molar-refractivity contribution in [2.24, 2.45) is 13.0 Å². The number of aryl methyl sites for hydroxylation is 1. The molecule has 180 valence electrons. The lowest BCUT2D eigenvalue weighted by molar-refractivity contribution is 0.0731. The molecule has 0 spiro atoms. The zero-order valence-corrected chi connectivity index (χ0v) is 20.5. The van der Waals surface area contributed by atoms with Crippen molar-refractivity contribution in [2.75, 3.05) is 40.3 Å². The standard InChI is InChI=1S/C25H32N4O2.ClH.H2O/c1-27(25(30)24-22-6-4-5-7-23(22)26-28(24)2)18-20-13-16-29(17-14-20)15-12-19-8-10-21(31-3)11-9-19;;/h4-11,20H,12-18H2,1-3H3;1H;1H2. The largest absolute Gasteiger partial charge is 0.497 e. The fourth-order valence-corrected chi connectivity index (χ4v) is 4.52. The molecule has 1 aliphatic rings. The summed E-state index contributed by atoms with van der Waals surface area (Å²) in [6.07, 6.45) is 3.32. The molecule has 0 unspecified atom stereocenters. The fourth-order valence-electron chi connectivity index (χ4n) is 4.52. The van der Waals surface area contributed by atoms with Crippen LogP contribution < -0.4 is 4.74 Å². The Kier molecular flexibility index (Phi) is 9.70. The summed E-state index contributed by atoms with van der Waals surface area (Å²) in [4.78, 5) is 17.5. The molecule has 2 heterocycles. The maximum absolute atomic E-state index is 13.1. The van der Waals surface area contributed by atoms with E-state index in [2.05, 4.69) is 22.1 Å². The third-order valence-corrected chi connectivity index (χ3v) is 6.40. The highest BCUT2D eigenvalue weighted by Crippen LogP contribution is 2.22. The number of hydrogen-bond acceptors (Lipinski definition) is 4. The summed E-state index contributed by atoms with van der Waals surface area (Å²) in [5.41, 5.74) is 2.89. The van der Waals surface area contributed by atoms with Gasteiger partial charge in [0.15, 0.2) is 0 Å². The van der Waals surface area contributed by atoms with E-state index in [0.717, 1.165) is 62.1 Å². The summed E-state index contributed by atoms with van der Waals surface area (Å²) in [7, 11) is 5.46. The van der Waals surface area contributed by atoms with E-state index in [-0.39, 0.29) is 23.8 Å². The number of carbonyl (C=O) groups is 1. The molecule has 0 atom stereocenters. The van der Waals surface area contributed by atoms with E-state index >= 15 is 0 Å². The number of halogens is 1. The van der Waals surface area contributed by atoms with Crippen LogP contribution in [0.25, 0.3) is 10.9 Å². The number of rotatable bonds is 7. The summed E-state index contributed by atoms with van der Waals surface area (Å²) in [5, 5.41) is 5.41. The lowest BCUT2D eigenvalue weighted by Crippen LogP contribution is -2.40. The van der Waals surface area contributed by atoms with Gasteiger partial charge >= 0.3 is 0 Å². The lowest BCUT2D eigenvalue weighted by atomic mass is 9.95. The first-order chi connectivity index (χ1) is 15.0. The topological polar surface area (TPSA) is 82.1 Å². The number of aromatic nitrogens is 2. The van der Waals surface area contributed by atoms with Crippen LogP contribution in [-0.4, -0.2) is 71.3 Å². The molecule has 33 heavy (non-hydrogen) atoms. The van der Waals surface area contributed by atoms with Crippen molar-refractivity contribution in [1.82, 2.24) is 19.6 Å². The van der Waals surface area contributed by atoms with Gasteiger partial charge in [0.05, 0.1) is 12.6 Å². The average molecular weight is 475 g/mol. The molecule has 1 saturated heterocycles. The van der Waals surface area contributed by atoms with Gasteiger partial charge in [0.1, 0.15) is 11.4 Å². The Morgan fingerprint density at radius 3 is 2.45 bits per heavy atom. The lowest BCUT2D eigenvalue weighted by Gasteiger charge is -2.34. The summed E-state index contributed by atoms with van der Waals surface area (Å²) in [5.74, 6) is 1.51. The second-order valence-electron chi connectivity index (χ2n) is 8.56. The third-order valence-electron chi connectivity index (χ3n) is 6.40. The molecule has 0 saturated carbocycles. The van der Waals surface area contributed by atoms with Crippen molar-refractivity contribution in [3.05, 3.63) is 59.8 Å². The number of ether oxygens (including phenoxy) is 1. The zero-order chi connectivity index (χ0) is 21.8. The van der Waals surface area contributed by atoms with E-state index in [1.807, 2.05) is 55.4 Å². The Hall–Kier alpha value is -2.61. The molecule has 3 aromatic rings. The van der Waals surface area contributed by atoms with Crippen molar-refractivity contribution in [3.63, 3.8) is 0 Å². The van der Waals surface area contributed by atoms with Crippen molar-refractivity contribution in [1.29, 1.82) is 0 Å². The van der Waals surface area contributed by atoms with Gasteiger partial charge in [0.2, 0.25) is 0 Å². The number of amides is 1. The van der Waals surface area contributed by atoms with Crippen LogP contribution in [0, 0.1) is 5.92 Å². The first-order valence-corrected chi connectivity index (χ1v) is 11.1. The van der Waals surface area contributed by atoms with Crippen LogP contribution in [0.3, 0.4) is 0 Å². The number of carbonyl (C=O) groups excluding carboxylic acids is 1. The number of piperidine rings is 1. The molecule has 7 nitrogen and oxygen atoms in total. The predicted molar refractivity (Wildman–Crippen MR) is 134 cm³/mol. The van der Waals surface area contributed by atoms with Crippen molar-refractivity contribution in [3.8, 4) is 5.75 Å². The van der Waals surface area contributed by atoms with Gasteiger partial charge in [-0.15, -0.1) is 12.4 Å². The third kappa shape index (κ3) is 6.25. The summed E-state index contributed by atoms with van der Waals surface area (Å²) >= 11 is 0. The Labute approximate surface area is 202 Å². The quantitative estimate of drug-likeness (QED) is 0.526. The average Bonchev–Trinajstić information content (AvgIpc) is 3.14. The highest BCUT2D eigenvalue weighted by atomic mass is 35.5. The van der Waals surface area contributed by atoms with Crippen LogP contribution in [0.2, 0.25) is 0 Å². The number of likely N-dealkylation sites (tertiary alicyclic amines) is 1. The second-order valence-corrected chi connectivity index (χ2v) is 8.56. The predicted octanol–water partition coefficient (Wildman–Crippen LogP) is 3.21. The van der Waals surface area contributed by atoms with Gasteiger partial charge in [-0.2, -0.15) is 5.10 Å². The Morgan fingerprint density at radius 1 is 1.12 bits per heavy atom. The Bertz CT molecular complexity index is 1030. The minimum atomic E-state index is 0. The smallest absolute Gasteiger partial charge is 0.272 e. The minimum absolute atomic E-state index is 0. The molecule has 0 aliphatic carbocycles. The summed E-state index contributed by atoms with van der Waals surface area (Å²) in [6.45, 7) is 4.06. The van der Waals surface area contributed by atoms with E-state index in [1.165, 1.54) is 5.56 Å². The molecule has 2 aromatic carbocycles. The van der Waals surface area contributed by atoms with Crippen LogP contribution >= 0.6 is 12.4 Å². The van der Waals surface area contributed by atoms with Gasteiger partial charge in [-0.3, -0.25) is 9.48 Å². The van der Waals surface area contributed by atoms with Gasteiger partial charge in [0, 0.05) is 32.6 Å². The number of fused-ring (bicyclic) bond motifs is 1. The van der Waals surface area contributed by atoms with Gasteiger partial charge in [0.25, 0.3) is 5.91 Å². The Morgan fingerprint density at radius 2 is 1.79 bits per heavy atom. The molecule has 8 heteroatoms. The van der Waals surface area contributed by atoms with Gasteiger partial charge < -0.3 is 20.0 Å². The van der Waals surface area contributed by atoms with Crippen LogP contribution in [0.5, 0.6) is 5.75 Å². The van der Waals surface area contributed by atoms with Crippen LogP contribution in [0.15, 0.2) is 48.5 Å².